The first-order valence-corrected chi connectivity index (χ1v) is 11.7. The van der Waals surface area contributed by atoms with E-state index in [1.165, 1.54) is 37.7 Å². The van der Waals surface area contributed by atoms with Crippen LogP contribution in [0.25, 0.3) is 0 Å². The number of piperazine rings is 1. The largest absolute Gasteiger partial charge is 0.478 e. The summed E-state index contributed by atoms with van der Waals surface area (Å²) in [5.41, 5.74) is 2.16. The highest BCUT2D eigenvalue weighted by atomic mass is 16.5. The maximum Gasteiger partial charge on any atom is 0.227 e. The first-order valence-electron chi connectivity index (χ1n) is 11.7. The molecule has 2 fully saturated rings. The van der Waals surface area contributed by atoms with Gasteiger partial charge in [-0.15, -0.1) is 0 Å². The van der Waals surface area contributed by atoms with Crippen molar-refractivity contribution in [1.29, 1.82) is 0 Å². The molecule has 1 amide bonds. The van der Waals surface area contributed by atoms with Gasteiger partial charge in [0.15, 0.2) is 0 Å². The Morgan fingerprint density at radius 3 is 2.55 bits per heavy atom. The van der Waals surface area contributed by atoms with E-state index >= 15 is 0 Å². The molecule has 0 spiro atoms. The van der Waals surface area contributed by atoms with Crippen molar-refractivity contribution in [2.45, 2.75) is 51.5 Å². The van der Waals surface area contributed by atoms with E-state index in [1.54, 1.807) is 12.4 Å². The average molecular weight is 423 g/mol. The number of aromatic nitrogens is 2. The number of ether oxygens (including phenoxy) is 1. The highest BCUT2D eigenvalue weighted by Crippen LogP contribution is 2.26. The molecular formula is C25H34N4O2. The lowest BCUT2D eigenvalue weighted by Crippen LogP contribution is -2.48. The van der Waals surface area contributed by atoms with E-state index in [-0.39, 0.29) is 5.91 Å². The molecule has 4 rings (SSSR count). The fourth-order valence-corrected chi connectivity index (χ4v) is 4.60. The van der Waals surface area contributed by atoms with E-state index in [9.17, 15) is 4.79 Å². The Labute approximate surface area is 185 Å². The van der Waals surface area contributed by atoms with Gasteiger partial charge >= 0.3 is 0 Å². The summed E-state index contributed by atoms with van der Waals surface area (Å²) in [4.78, 5) is 25.4. The van der Waals surface area contributed by atoms with Crippen LogP contribution in [0.2, 0.25) is 0 Å². The van der Waals surface area contributed by atoms with E-state index < -0.39 is 0 Å². The molecule has 2 aromatic heterocycles. The minimum Gasteiger partial charge on any atom is -0.478 e. The Morgan fingerprint density at radius 2 is 1.84 bits per heavy atom. The van der Waals surface area contributed by atoms with Crippen molar-refractivity contribution in [1.82, 2.24) is 19.8 Å². The minimum atomic E-state index is 0.184. The number of hydrogen-bond acceptors (Lipinski definition) is 5. The maximum absolute atomic E-state index is 12.5. The SMILES string of the molecule is O=C(Cc1cccnc1)N1CCN(Cc2ccc(OCCC3CCCCC3)nc2)CC1. The van der Waals surface area contributed by atoms with E-state index in [0.29, 0.717) is 6.42 Å². The normalized spacial score (nSPS) is 18.1. The molecule has 0 radical (unpaired) electrons. The van der Waals surface area contributed by atoms with E-state index in [2.05, 4.69) is 20.9 Å². The summed E-state index contributed by atoms with van der Waals surface area (Å²) in [6.07, 6.45) is 13.9. The summed E-state index contributed by atoms with van der Waals surface area (Å²) in [5.74, 6) is 1.75. The molecule has 1 saturated carbocycles. The van der Waals surface area contributed by atoms with Gasteiger partial charge in [-0.2, -0.15) is 0 Å². The summed E-state index contributed by atoms with van der Waals surface area (Å²) < 4.78 is 5.87. The summed E-state index contributed by atoms with van der Waals surface area (Å²) in [6.45, 7) is 4.95. The van der Waals surface area contributed by atoms with Crippen LogP contribution in [0.3, 0.4) is 0 Å². The highest BCUT2D eigenvalue weighted by Gasteiger charge is 2.21. The predicted octanol–water partition coefficient (Wildman–Crippen LogP) is 3.71. The van der Waals surface area contributed by atoms with Crippen LogP contribution in [0.15, 0.2) is 42.9 Å². The zero-order valence-corrected chi connectivity index (χ0v) is 18.4. The monoisotopic (exact) mass is 422 g/mol. The van der Waals surface area contributed by atoms with Gasteiger partial charge < -0.3 is 9.64 Å². The smallest absolute Gasteiger partial charge is 0.227 e. The molecule has 3 heterocycles. The number of carbonyl (C=O) groups is 1. The second-order valence-corrected chi connectivity index (χ2v) is 8.84. The molecule has 6 nitrogen and oxygen atoms in total. The van der Waals surface area contributed by atoms with Crippen molar-refractivity contribution in [3.63, 3.8) is 0 Å². The molecule has 2 aromatic rings. The Morgan fingerprint density at radius 1 is 1.00 bits per heavy atom. The summed E-state index contributed by atoms with van der Waals surface area (Å²) >= 11 is 0. The van der Waals surface area contributed by atoms with Crippen LogP contribution in [0.1, 0.15) is 49.7 Å². The third kappa shape index (κ3) is 6.76. The Kier molecular flexibility index (Phi) is 7.88. The van der Waals surface area contributed by atoms with E-state index in [0.717, 1.165) is 63.1 Å². The number of amides is 1. The summed E-state index contributed by atoms with van der Waals surface area (Å²) in [7, 11) is 0. The van der Waals surface area contributed by atoms with Crippen molar-refractivity contribution >= 4 is 5.91 Å². The first-order chi connectivity index (χ1) is 15.3. The molecule has 0 bridgehead atoms. The zero-order valence-electron chi connectivity index (χ0n) is 18.4. The summed E-state index contributed by atoms with van der Waals surface area (Å²) in [6, 6.07) is 7.94. The predicted molar refractivity (Wildman–Crippen MR) is 121 cm³/mol. The number of carbonyl (C=O) groups excluding carboxylic acids is 1. The van der Waals surface area contributed by atoms with Gasteiger partial charge in [0.05, 0.1) is 13.0 Å². The highest BCUT2D eigenvalue weighted by molar-refractivity contribution is 5.78. The number of rotatable bonds is 8. The zero-order chi connectivity index (χ0) is 21.3. The van der Waals surface area contributed by atoms with Crippen LogP contribution < -0.4 is 4.74 Å². The number of pyridine rings is 2. The Hall–Kier alpha value is -2.47. The first kappa shape index (κ1) is 21.8. The number of hydrogen-bond donors (Lipinski definition) is 0. The lowest BCUT2D eigenvalue weighted by molar-refractivity contribution is -0.132. The third-order valence-electron chi connectivity index (χ3n) is 6.51. The fraction of sp³-hybridized carbons (Fsp3) is 0.560. The second kappa shape index (κ2) is 11.2. The maximum atomic E-state index is 12.5. The van der Waals surface area contributed by atoms with Crippen LogP contribution in [0.5, 0.6) is 5.88 Å². The molecule has 166 valence electrons. The molecule has 0 aromatic carbocycles. The Bertz CT molecular complexity index is 798. The van der Waals surface area contributed by atoms with Gasteiger partial charge in [0.1, 0.15) is 0 Å². The Balaban J connectivity index is 1.16. The molecule has 1 saturated heterocycles. The van der Waals surface area contributed by atoms with E-state index in [4.69, 9.17) is 4.74 Å². The van der Waals surface area contributed by atoms with Gasteiger partial charge in [0.2, 0.25) is 11.8 Å². The van der Waals surface area contributed by atoms with Crippen molar-refractivity contribution < 1.29 is 9.53 Å². The fourth-order valence-electron chi connectivity index (χ4n) is 4.60. The molecule has 1 aliphatic heterocycles. The van der Waals surface area contributed by atoms with Crippen molar-refractivity contribution in [3.8, 4) is 5.88 Å². The van der Waals surface area contributed by atoms with Gasteiger partial charge in [-0.05, 0) is 29.5 Å². The standard InChI is InChI=1S/C25H34N4O2/c30-25(17-22-7-4-11-26-18-22)29-14-12-28(13-15-29)20-23-8-9-24(27-19-23)31-16-10-21-5-2-1-3-6-21/h4,7-9,11,18-19,21H,1-3,5-6,10,12-17,20H2. The molecule has 31 heavy (non-hydrogen) atoms. The van der Waals surface area contributed by atoms with Gasteiger partial charge in [-0.25, -0.2) is 4.98 Å². The molecule has 6 heteroatoms. The second-order valence-electron chi connectivity index (χ2n) is 8.84. The van der Waals surface area contributed by atoms with E-state index in [1.807, 2.05) is 29.3 Å². The average Bonchev–Trinajstić information content (AvgIpc) is 2.82. The van der Waals surface area contributed by atoms with Crippen LogP contribution in [0.4, 0.5) is 0 Å². The van der Waals surface area contributed by atoms with Gasteiger partial charge in [-0.1, -0.05) is 44.2 Å². The third-order valence-corrected chi connectivity index (χ3v) is 6.51. The molecular weight excluding hydrogens is 388 g/mol. The van der Waals surface area contributed by atoms with Crippen LogP contribution >= 0.6 is 0 Å². The quantitative estimate of drug-likeness (QED) is 0.649. The molecule has 0 unspecified atom stereocenters. The topological polar surface area (TPSA) is 58.6 Å². The van der Waals surface area contributed by atoms with Gasteiger partial charge in [0, 0.05) is 57.4 Å². The van der Waals surface area contributed by atoms with Crippen molar-refractivity contribution in [2.24, 2.45) is 5.92 Å². The lowest BCUT2D eigenvalue weighted by atomic mass is 9.87. The molecule has 2 aliphatic rings. The summed E-state index contributed by atoms with van der Waals surface area (Å²) in [5, 5.41) is 0. The molecule has 0 atom stereocenters. The van der Waals surface area contributed by atoms with Gasteiger partial charge in [0.25, 0.3) is 0 Å². The number of nitrogens with zero attached hydrogens (tertiary/aromatic N) is 4. The molecule has 1 aliphatic carbocycles. The van der Waals surface area contributed by atoms with Crippen LogP contribution in [-0.2, 0) is 17.8 Å². The van der Waals surface area contributed by atoms with Crippen LogP contribution in [0, 0.1) is 5.92 Å². The van der Waals surface area contributed by atoms with Gasteiger partial charge in [-0.3, -0.25) is 14.7 Å². The lowest BCUT2D eigenvalue weighted by Gasteiger charge is -2.34. The minimum absolute atomic E-state index is 0.184. The molecule has 0 N–H and O–H groups in total. The van der Waals surface area contributed by atoms with Crippen molar-refractivity contribution in [2.75, 3.05) is 32.8 Å². The van der Waals surface area contributed by atoms with Crippen LogP contribution in [-0.4, -0.2) is 58.5 Å². The van der Waals surface area contributed by atoms with Crippen molar-refractivity contribution in [3.05, 3.63) is 54.0 Å².